The molecule has 1 aromatic rings. The quantitative estimate of drug-likeness (QED) is 0.0654. The number of carbonyl (C=O) groups is 7. The molecule has 0 bridgehead atoms. The molecule has 2 rings (SSSR count). The fourth-order valence-corrected chi connectivity index (χ4v) is 5.32. The Hall–Kier alpha value is -4.83. The smallest absolute Gasteiger partial charge is 0.407 e. The molecule has 0 radical (unpaired) electrons. The van der Waals surface area contributed by atoms with Gasteiger partial charge in [0.1, 0.15) is 6.61 Å². The average molecular weight is 745 g/mol. The van der Waals surface area contributed by atoms with Crippen molar-refractivity contribution in [3.8, 4) is 0 Å². The number of alkyl carbamates (subject to hydrolysis) is 1. The second-order valence-corrected chi connectivity index (χ2v) is 13.0. The maximum Gasteiger partial charge on any atom is 0.407 e. The number of hydrogen-bond acceptors (Lipinski definition) is 10. The molecule has 16 nitrogen and oxygen atoms in total. The molecule has 1 aromatic carbocycles. The van der Waals surface area contributed by atoms with Crippen molar-refractivity contribution in [2.45, 2.75) is 84.8 Å². The highest BCUT2D eigenvalue weighted by molar-refractivity contribution is 6.12. The number of nitrogens with one attached hydrogen (secondary N) is 4. The van der Waals surface area contributed by atoms with Gasteiger partial charge in [0, 0.05) is 62.8 Å². The zero-order valence-corrected chi connectivity index (χ0v) is 31.1. The number of rotatable bonds is 27. The minimum atomic E-state index is -0.818. The standard InChI is InChI=1S/C37H56N6O10/c1-4-20-51-22-23-52-21-18-40-37(50)53-25-27-11-13-29(14-12-27)41-35(48)28(9-8-17-39-36(38)49)24-30(44)34(26(2)3)42-31(45)10-6-5-7-19-43-32(46)15-16-33(43)47/h11-16,26,28,34H,4-10,17-25H2,1-3H3,(H,40,50)(H,41,48)(H,42,45)(H3,38,39,49)/t28-,34+/m1/s1. The van der Waals surface area contributed by atoms with Crippen molar-refractivity contribution in [2.75, 3.05) is 51.4 Å². The minimum Gasteiger partial charge on any atom is -0.445 e. The monoisotopic (exact) mass is 744 g/mol. The van der Waals surface area contributed by atoms with Crippen LogP contribution in [-0.2, 0) is 44.8 Å². The molecule has 0 spiro atoms. The van der Waals surface area contributed by atoms with Crippen molar-refractivity contribution >= 4 is 47.2 Å². The molecule has 16 heteroatoms. The number of amides is 7. The van der Waals surface area contributed by atoms with E-state index in [-0.39, 0.29) is 74.9 Å². The third-order valence-electron chi connectivity index (χ3n) is 8.19. The number of unbranched alkanes of at least 4 members (excludes halogenated alkanes) is 2. The van der Waals surface area contributed by atoms with E-state index >= 15 is 0 Å². The van der Waals surface area contributed by atoms with E-state index in [1.165, 1.54) is 12.2 Å². The van der Waals surface area contributed by atoms with Gasteiger partial charge in [0.25, 0.3) is 11.8 Å². The van der Waals surface area contributed by atoms with Crippen molar-refractivity contribution in [1.29, 1.82) is 0 Å². The van der Waals surface area contributed by atoms with E-state index in [9.17, 15) is 33.6 Å². The van der Waals surface area contributed by atoms with Crippen LogP contribution in [0.3, 0.4) is 0 Å². The number of hydrogen-bond donors (Lipinski definition) is 5. The lowest BCUT2D eigenvalue weighted by atomic mass is 9.89. The minimum absolute atomic E-state index is 0.0103. The lowest BCUT2D eigenvalue weighted by molar-refractivity contribution is -0.137. The number of carbonyl (C=O) groups excluding carboxylic acids is 7. The number of anilines is 1. The van der Waals surface area contributed by atoms with E-state index in [0.717, 1.165) is 11.3 Å². The predicted molar refractivity (Wildman–Crippen MR) is 196 cm³/mol. The molecule has 1 aliphatic heterocycles. The summed E-state index contributed by atoms with van der Waals surface area (Å²) in [5.74, 6) is -2.70. The van der Waals surface area contributed by atoms with Gasteiger partial charge in [-0.2, -0.15) is 0 Å². The summed E-state index contributed by atoms with van der Waals surface area (Å²) in [6.07, 6.45) is 5.17. The first-order chi connectivity index (χ1) is 25.4. The van der Waals surface area contributed by atoms with Crippen molar-refractivity contribution in [3.05, 3.63) is 42.0 Å². The SMILES string of the molecule is CCCOCCOCCNC(=O)OCc1ccc(NC(=O)[C@H](CCCNC(N)=O)CC(=O)[C@@H](NC(=O)CCCCCN2C(=O)C=CC2=O)C(C)C)cc1. The van der Waals surface area contributed by atoms with Gasteiger partial charge in [-0.05, 0) is 55.7 Å². The Morgan fingerprint density at radius 2 is 1.51 bits per heavy atom. The van der Waals surface area contributed by atoms with Gasteiger partial charge in [-0.1, -0.05) is 39.3 Å². The van der Waals surface area contributed by atoms with Crippen LogP contribution in [0.2, 0.25) is 0 Å². The Morgan fingerprint density at radius 1 is 0.830 bits per heavy atom. The van der Waals surface area contributed by atoms with Gasteiger partial charge in [0.2, 0.25) is 11.8 Å². The number of urea groups is 1. The van der Waals surface area contributed by atoms with E-state index in [0.29, 0.717) is 63.4 Å². The van der Waals surface area contributed by atoms with E-state index in [1.54, 1.807) is 24.3 Å². The number of ketones is 1. The fraction of sp³-hybridized carbons (Fsp3) is 0.595. The van der Waals surface area contributed by atoms with Gasteiger partial charge in [0.15, 0.2) is 5.78 Å². The Bertz CT molecular complexity index is 1370. The first kappa shape index (κ1) is 44.3. The number of benzene rings is 1. The van der Waals surface area contributed by atoms with Crippen LogP contribution in [0.5, 0.6) is 0 Å². The van der Waals surface area contributed by atoms with Crippen LogP contribution in [0.25, 0.3) is 0 Å². The summed E-state index contributed by atoms with van der Waals surface area (Å²) in [5, 5.41) is 10.7. The van der Waals surface area contributed by atoms with Crippen LogP contribution in [0, 0.1) is 11.8 Å². The number of imide groups is 1. The van der Waals surface area contributed by atoms with E-state index < -0.39 is 30.0 Å². The van der Waals surface area contributed by atoms with Gasteiger partial charge in [-0.3, -0.25) is 28.9 Å². The maximum absolute atomic E-state index is 13.5. The van der Waals surface area contributed by atoms with Crippen molar-refractivity contribution in [1.82, 2.24) is 20.9 Å². The Balaban J connectivity index is 1.86. The van der Waals surface area contributed by atoms with Crippen LogP contribution >= 0.6 is 0 Å². The average Bonchev–Trinajstić information content (AvgIpc) is 3.44. The molecule has 6 N–H and O–H groups in total. The third kappa shape index (κ3) is 18.5. The van der Waals surface area contributed by atoms with Crippen LogP contribution in [0.15, 0.2) is 36.4 Å². The summed E-state index contributed by atoms with van der Waals surface area (Å²) in [6, 6.07) is 5.20. The van der Waals surface area contributed by atoms with Crippen molar-refractivity contribution < 1.29 is 47.8 Å². The third-order valence-corrected chi connectivity index (χ3v) is 8.19. The highest BCUT2D eigenvalue weighted by atomic mass is 16.5. The van der Waals surface area contributed by atoms with Gasteiger partial charge in [-0.15, -0.1) is 0 Å². The molecule has 0 fully saturated rings. The van der Waals surface area contributed by atoms with Crippen LogP contribution in [-0.4, -0.2) is 98.5 Å². The molecule has 0 aromatic heterocycles. The maximum atomic E-state index is 13.5. The largest absolute Gasteiger partial charge is 0.445 e. The summed E-state index contributed by atoms with van der Waals surface area (Å²) >= 11 is 0. The Labute approximate surface area is 311 Å². The summed E-state index contributed by atoms with van der Waals surface area (Å²) in [7, 11) is 0. The molecule has 2 atom stereocenters. The zero-order valence-electron chi connectivity index (χ0n) is 31.1. The first-order valence-corrected chi connectivity index (χ1v) is 18.3. The molecule has 1 aliphatic rings. The molecule has 0 saturated carbocycles. The molecule has 294 valence electrons. The zero-order chi connectivity index (χ0) is 39.0. The van der Waals surface area contributed by atoms with Gasteiger partial charge in [0.05, 0.1) is 25.9 Å². The number of Topliss-reactive ketones (excluding diaryl/α,β-unsaturated/α-hetero) is 1. The molecule has 1 heterocycles. The molecule has 53 heavy (non-hydrogen) atoms. The van der Waals surface area contributed by atoms with Crippen LogP contribution in [0.1, 0.15) is 77.7 Å². The van der Waals surface area contributed by atoms with E-state index in [2.05, 4.69) is 21.3 Å². The van der Waals surface area contributed by atoms with Gasteiger partial charge >= 0.3 is 12.1 Å². The van der Waals surface area contributed by atoms with Crippen molar-refractivity contribution in [3.63, 3.8) is 0 Å². The van der Waals surface area contributed by atoms with Gasteiger partial charge in [-0.25, -0.2) is 9.59 Å². The van der Waals surface area contributed by atoms with Crippen LogP contribution < -0.4 is 27.0 Å². The second kappa shape index (κ2) is 25.2. The second-order valence-electron chi connectivity index (χ2n) is 13.0. The molecular formula is C37H56N6O10. The summed E-state index contributed by atoms with van der Waals surface area (Å²) in [5.41, 5.74) is 6.33. The highest BCUT2D eigenvalue weighted by Crippen LogP contribution is 2.20. The predicted octanol–water partition coefficient (Wildman–Crippen LogP) is 2.94. The number of ether oxygens (including phenoxy) is 3. The fourth-order valence-electron chi connectivity index (χ4n) is 5.32. The lowest BCUT2D eigenvalue weighted by Crippen LogP contribution is -2.45. The number of primary amides is 1. The first-order valence-electron chi connectivity index (χ1n) is 18.3. The molecule has 0 unspecified atom stereocenters. The summed E-state index contributed by atoms with van der Waals surface area (Å²) in [6.45, 7) is 8.39. The summed E-state index contributed by atoms with van der Waals surface area (Å²) in [4.78, 5) is 87.4. The Morgan fingerprint density at radius 3 is 2.15 bits per heavy atom. The summed E-state index contributed by atoms with van der Waals surface area (Å²) < 4.78 is 15.9. The molecule has 0 aliphatic carbocycles. The van der Waals surface area contributed by atoms with Crippen LogP contribution in [0.4, 0.5) is 15.3 Å². The van der Waals surface area contributed by atoms with Crippen molar-refractivity contribution in [2.24, 2.45) is 17.6 Å². The number of nitrogens with two attached hydrogens (primary N) is 1. The van der Waals surface area contributed by atoms with E-state index in [4.69, 9.17) is 19.9 Å². The van der Waals surface area contributed by atoms with E-state index in [1.807, 2.05) is 20.8 Å². The Kier molecular flexibility index (Phi) is 21.1. The van der Waals surface area contributed by atoms with Gasteiger partial charge < -0.3 is 41.2 Å². The lowest BCUT2D eigenvalue weighted by Gasteiger charge is -2.24. The molecule has 0 saturated heterocycles. The molecular weight excluding hydrogens is 688 g/mol. The number of nitrogens with zero attached hydrogens (tertiary/aromatic N) is 1. The normalized spacial score (nSPS) is 13.5. The topological polar surface area (TPSA) is 225 Å². The highest BCUT2D eigenvalue weighted by Gasteiger charge is 2.29. The molecule has 7 amide bonds.